The van der Waals surface area contributed by atoms with Crippen molar-refractivity contribution in [1.29, 1.82) is 0 Å². The van der Waals surface area contributed by atoms with Gasteiger partial charge in [-0.1, -0.05) is 12.1 Å². The van der Waals surface area contributed by atoms with Crippen molar-refractivity contribution in [2.24, 2.45) is 16.3 Å². The Morgan fingerprint density at radius 3 is 2.59 bits per heavy atom. The average Bonchev–Trinajstić information content (AvgIpc) is 2.31. The number of nitrogens with zero attached hydrogens (tertiary/aromatic N) is 1. The third kappa shape index (κ3) is 4.72. The van der Waals surface area contributed by atoms with Crippen molar-refractivity contribution in [2.75, 3.05) is 18.6 Å². The molecule has 2 unspecified atom stereocenters. The summed E-state index contributed by atoms with van der Waals surface area (Å²) in [6, 6.07) is 0. The summed E-state index contributed by atoms with van der Waals surface area (Å²) < 4.78 is 10.8. The number of hydrogen-bond acceptors (Lipinski definition) is 4. The summed E-state index contributed by atoms with van der Waals surface area (Å²) in [5, 5.41) is 14.2. The van der Waals surface area contributed by atoms with Gasteiger partial charge >= 0.3 is 0 Å². The van der Waals surface area contributed by atoms with Crippen LogP contribution in [-0.4, -0.2) is 39.7 Å². The highest BCUT2D eigenvalue weighted by Gasteiger charge is 2.35. The fourth-order valence-corrected chi connectivity index (χ4v) is 1.79. The van der Waals surface area contributed by atoms with E-state index in [9.17, 15) is 9.00 Å². The van der Waals surface area contributed by atoms with E-state index in [0.29, 0.717) is 25.1 Å². The van der Waals surface area contributed by atoms with Gasteiger partial charge < -0.3 is 16.3 Å². The molecule has 0 aromatic heterocycles. The van der Waals surface area contributed by atoms with Gasteiger partial charge in [0.25, 0.3) is 0 Å². The van der Waals surface area contributed by atoms with E-state index in [2.05, 4.69) is 10.5 Å². The number of amides is 1. The third-order valence-electron chi connectivity index (χ3n) is 2.78. The van der Waals surface area contributed by atoms with Crippen LogP contribution < -0.4 is 11.1 Å². The molecule has 0 spiro atoms. The molecule has 0 rings (SSSR count). The first-order valence-corrected chi connectivity index (χ1v) is 7.17. The van der Waals surface area contributed by atoms with Crippen molar-refractivity contribution in [1.82, 2.24) is 5.32 Å². The monoisotopic (exact) mass is 263 g/mol. The number of nitrogens with two attached hydrogens (primary N) is 1. The van der Waals surface area contributed by atoms with Gasteiger partial charge in [0.05, 0.1) is 0 Å². The molecule has 0 radical (unpaired) electrons. The molecule has 0 fully saturated rings. The molecule has 0 aromatic rings. The Kier molecular flexibility index (Phi) is 6.79. The van der Waals surface area contributed by atoms with Crippen LogP contribution in [0.2, 0.25) is 0 Å². The van der Waals surface area contributed by atoms with Crippen molar-refractivity contribution in [3.05, 3.63) is 0 Å². The highest BCUT2D eigenvalue weighted by Crippen LogP contribution is 2.21. The highest BCUT2D eigenvalue weighted by atomic mass is 32.2. The van der Waals surface area contributed by atoms with Crippen LogP contribution in [0.5, 0.6) is 0 Å². The van der Waals surface area contributed by atoms with E-state index in [4.69, 9.17) is 10.9 Å². The van der Waals surface area contributed by atoms with E-state index in [1.165, 1.54) is 0 Å². The molecular formula is C10H21N3O3S. The minimum atomic E-state index is -1.000. The normalized spacial score (nSPS) is 17.2. The molecule has 0 saturated carbocycles. The van der Waals surface area contributed by atoms with Gasteiger partial charge in [-0.25, -0.2) is 0 Å². The standard InChI is InChI=1S/C10H21N3O3S/c1-4-10(2,8(11)13-15)9(14)12-6-5-7-17(3)16/h15H,4-7H2,1-3H3,(H2,11,13)(H,12,14). The third-order valence-corrected chi connectivity index (χ3v) is 3.64. The predicted octanol–water partition coefficient (Wildman–Crippen LogP) is 0.0339. The Bertz CT molecular complexity index is 320. The summed E-state index contributed by atoms with van der Waals surface area (Å²) in [7, 11) is -0.853. The Labute approximate surface area is 104 Å². The lowest BCUT2D eigenvalue weighted by atomic mass is 9.85. The number of hydrogen-bond donors (Lipinski definition) is 3. The second-order valence-corrected chi connectivity index (χ2v) is 5.61. The van der Waals surface area contributed by atoms with Crippen LogP contribution in [0.4, 0.5) is 0 Å². The number of amidine groups is 1. The Morgan fingerprint density at radius 1 is 1.59 bits per heavy atom. The van der Waals surface area contributed by atoms with E-state index < -0.39 is 16.2 Å². The molecule has 0 aliphatic heterocycles. The van der Waals surface area contributed by atoms with Gasteiger partial charge in [0.15, 0.2) is 5.84 Å². The number of rotatable bonds is 7. The Balaban J connectivity index is 4.32. The molecule has 4 N–H and O–H groups in total. The number of carbonyl (C=O) groups excluding carboxylic acids is 1. The molecule has 0 aliphatic carbocycles. The van der Waals surface area contributed by atoms with Crippen molar-refractivity contribution >= 4 is 22.5 Å². The van der Waals surface area contributed by atoms with Gasteiger partial charge in [0, 0.05) is 29.4 Å². The summed E-state index contributed by atoms with van der Waals surface area (Å²) in [4.78, 5) is 11.9. The summed E-state index contributed by atoms with van der Waals surface area (Å²) in [5.41, 5.74) is 4.51. The van der Waals surface area contributed by atoms with E-state index in [-0.39, 0.29) is 11.7 Å². The van der Waals surface area contributed by atoms with Gasteiger partial charge in [0.1, 0.15) is 5.41 Å². The van der Waals surface area contributed by atoms with Gasteiger partial charge in [-0.3, -0.25) is 9.00 Å². The molecule has 17 heavy (non-hydrogen) atoms. The zero-order valence-electron chi connectivity index (χ0n) is 10.5. The fourth-order valence-electron chi connectivity index (χ4n) is 1.24. The average molecular weight is 263 g/mol. The highest BCUT2D eigenvalue weighted by molar-refractivity contribution is 7.84. The summed E-state index contributed by atoms with van der Waals surface area (Å²) >= 11 is 0. The number of oxime groups is 1. The van der Waals surface area contributed by atoms with Crippen molar-refractivity contribution < 1.29 is 14.2 Å². The van der Waals surface area contributed by atoms with Crippen LogP contribution in [-0.2, 0) is 15.6 Å². The molecule has 2 atom stereocenters. The van der Waals surface area contributed by atoms with Gasteiger partial charge in [-0.05, 0) is 19.8 Å². The van der Waals surface area contributed by atoms with E-state index in [0.717, 1.165) is 0 Å². The lowest BCUT2D eigenvalue weighted by Crippen LogP contribution is -2.47. The molecule has 0 heterocycles. The smallest absolute Gasteiger partial charge is 0.233 e. The first-order chi connectivity index (χ1) is 7.88. The molecule has 0 bridgehead atoms. The molecule has 6 nitrogen and oxygen atoms in total. The Hall–Kier alpha value is -1.11. The van der Waals surface area contributed by atoms with Crippen LogP contribution in [0.1, 0.15) is 26.7 Å². The van der Waals surface area contributed by atoms with Crippen LogP contribution in [0.25, 0.3) is 0 Å². The maximum absolute atomic E-state index is 11.9. The zero-order chi connectivity index (χ0) is 13.5. The molecular weight excluding hydrogens is 242 g/mol. The van der Waals surface area contributed by atoms with Crippen molar-refractivity contribution in [2.45, 2.75) is 26.7 Å². The lowest BCUT2D eigenvalue weighted by Gasteiger charge is -2.25. The lowest BCUT2D eigenvalue weighted by molar-refractivity contribution is -0.127. The second-order valence-electron chi connectivity index (χ2n) is 4.06. The second kappa shape index (κ2) is 7.26. The quantitative estimate of drug-likeness (QED) is 0.198. The Morgan fingerprint density at radius 2 is 2.18 bits per heavy atom. The maximum atomic E-state index is 11.9. The molecule has 0 aromatic carbocycles. The molecule has 1 amide bonds. The minimum Gasteiger partial charge on any atom is -0.409 e. The largest absolute Gasteiger partial charge is 0.409 e. The molecule has 0 saturated heterocycles. The van der Waals surface area contributed by atoms with Crippen molar-refractivity contribution in [3.8, 4) is 0 Å². The summed E-state index contributed by atoms with van der Waals surface area (Å²) in [5.74, 6) is 0.168. The summed E-state index contributed by atoms with van der Waals surface area (Å²) in [6.45, 7) is 3.85. The van der Waals surface area contributed by atoms with Gasteiger partial charge in [0.2, 0.25) is 5.91 Å². The van der Waals surface area contributed by atoms with Crippen LogP contribution in [0, 0.1) is 5.41 Å². The minimum absolute atomic E-state index is 0.100. The van der Waals surface area contributed by atoms with Crippen LogP contribution in [0.15, 0.2) is 5.16 Å². The first kappa shape index (κ1) is 15.9. The molecule has 7 heteroatoms. The summed E-state index contributed by atoms with van der Waals surface area (Å²) in [6.07, 6.45) is 2.70. The fraction of sp³-hybridized carbons (Fsp3) is 0.800. The number of carbonyl (C=O) groups is 1. The van der Waals surface area contributed by atoms with Gasteiger partial charge in [-0.2, -0.15) is 0 Å². The SMILES string of the molecule is CCC(C)(C(=O)NCCCS(C)=O)C(N)=NO. The van der Waals surface area contributed by atoms with E-state index in [1.807, 2.05) is 0 Å². The van der Waals surface area contributed by atoms with E-state index >= 15 is 0 Å². The van der Waals surface area contributed by atoms with Crippen molar-refractivity contribution in [3.63, 3.8) is 0 Å². The molecule has 100 valence electrons. The zero-order valence-corrected chi connectivity index (χ0v) is 11.3. The van der Waals surface area contributed by atoms with E-state index in [1.54, 1.807) is 20.1 Å². The predicted molar refractivity (Wildman–Crippen MR) is 68.4 cm³/mol. The van der Waals surface area contributed by atoms with Crippen LogP contribution >= 0.6 is 0 Å². The number of nitrogens with one attached hydrogen (secondary N) is 1. The topological polar surface area (TPSA) is 105 Å². The molecule has 0 aliphatic rings. The maximum Gasteiger partial charge on any atom is 0.233 e. The van der Waals surface area contributed by atoms with Gasteiger partial charge in [-0.15, -0.1) is 0 Å². The first-order valence-electron chi connectivity index (χ1n) is 5.44. The van der Waals surface area contributed by atoms with Crippen LogP contribution in [0.3, 0.4) is 0 Å².